The Hall–Kier alpha value is -0.220. The molecule has 0 aromatic heterocycles. The zero-order valence-electron chi connectivity index (χ0n) is 12.2. The minimum absolute atomic E-state index is 0.474. The Kier molecular flexibility index (Phi) is 4.61. The molecule has 1 aromatic carbocycles. The third-order valence-corrected chi connectivity index (χ3v) is 5.76. The quantitative estimate of drug-likeness (QED) is 0.910. The van der Waals surface area contributed by atoms with E-state index < -0.39 is 0 Å². The van der Waals surface area contributed by atoms with Crippen LogP contribution in [0.5, 0.6) is 0 Å². The summed E-state index contributed by atoms with van der Waals surface area (Å²) in [6.07, 6.45) is 2.47. The molecule has 0 amide bonds. The van der Waals surface area contributed by atoms with Gasteiger partial charge in [0.25, 0.3) is 0 Å². The van der Waals surface area contributed by atoms with Gasteiger partial charge in [0.1, 0.15) is 0 Å². The number of nitrogens with zero attached hydrogens (tertiary/aromatic N) is 1. The fourth-order valence-electron chi connectivity index (χ4n) is 3.22. The first-order valence-corrected chi connectivity index (χ1v) is 8.92. The summed E-state index contributed by atoms with van der Waals surface area (Å²) in [6, 6.07) is 8.08. The topological polar surface area (TPSA) is 15.3 Å². The van der Waals surface area contributed by atoms with Crippen molar-refractivity contribution in [2.75, 3.05) is 18.8 Å². The summed E-state index contributed by atoms with van der Waals surface area (Å²) in [5, 5.41) is 4.73. The van der Waals surface area contributed by atoms with Gasteiger partial charge in [-0.05, 0) is 62.7 Å². The van der Waals surface area contributed by atoms with E-state index in [9.17, 15) is 0 Å². The van der Waals surface area contributed by atoms with Crippen LogP contribution in [-0.2, 0) is 0 Å². The maximum atomic E-state index is 6.18. The van der Waals surface area contributed by atoms with E-state index in [1.165, 1.54) is 42.1 Å². The Balaban J connectivity index is 1.69. The second kappa shape index (κ2) is 6.27. The van der Waals surface area contributed by atoms with Crippen LogP contribution in [0.2, 0.25) is 5.02 Å². The van der Waals surface area contributed by atoms with E-state index in [1.807, 2.05) is 17.8 Å². The van der Waals surface area contributed by atoms with Crippen molar-refractivity contribution in [1.82, 2.24) is 10.2 Å². The maximum Gasteiger partial charge on any atom is 0.0410 e. The molecule has 20 heavy (non-hydrogen) atoms. The lowest BCUT2D eigenvalue weighted by Gasteiger charge is -2.29. The van der Waals surface area contributed by atoms with Crippen molar-refractivity contribution in [1.29, 1.82) is 0 Å². The SMILES string of the molecule is CC(C)N1CCC(NC2CCSc3ccc(Cl)cc32)C1. The summed E-state index contributed by atoms with van der Waals surface area (Å²) in [5.74, 6) is 1.20. The third kappa shape index (κ3) is 3.16. The Morgan fingerprint density at radius 1 is 1.35 bits per heavy atom. The zero-order chi connectivity index (χ0) is 14.1. The van der Waals surface area contributed by atoms with Gasteiger partial charge in [-0.2, -0.15) is 0 Å². The first-order chi connectivity index (χ1) is 9.63. The molecule has 1 saturated heterocycles. The van der Waals surface area contributed by atoms with Crippen molar-refractivity contribution in [2.24, 2.45) is 0 Å². The van der Waals surface area contributed by atoms with Crippen LogP contribution in [-0.4, -0.2) is 35.8 Å². The number of hydrogen-bond donors (Lipinski definition) is 1. The summed E-state index contributed by atoms with van der Waals surface area (Å²) < 4.78 is 0. The van der Waals surface area contributed by atoms with Crippen LogP contribution in [0.3, 0.4) is 0 Å². The van der Waals surface area contributed by atoms with Gasteiger partial charge in [-0.15, -0.1) is 11.8 Å². The zero-order valence-corrected chi connectivity index (χ0v) is 13.8. The Morgan fingerprint density at radius 2 is 2.20 bits per heavy atom. The summed E-state index contributed by atoms with van der Waals surface area (Å²) >= 11 is 8.13. The van der Waals surface area contributed by atoms with Gasteiger partial charge in [0, 0.05) is 34.6 Å². The van der Waals surface area contributed by atoms with Crippen LogP contribution < -0.4 is 5.32 Å². The minimum Gasteiger partial charge on any atom is -0.306 e. The Bertz CT molecular complexity index is 478. The molecule has 3 rings (SSSR count). The van der Waals surface area contributed by atoms with Gasteiger partial charge in [-0.1, -0.05) is 11.6 Å². The molecule has 0 radical (unpaired) electrons. The number of hydrogen-bond acceptors (Lipinski definition) is 3. The number of thioether (sulfide) groups is 1. The van der Waals surface area contributed by atoms with Gasteiger partial charge in [0.2, 0.25) is 0 Å². The van der Waals surface area contributed by atoms with Crippen molar-refractivity contribution in [2.45, 2.75) is 49.7 Å². The average Bonchev–Trinajstić information content (AvgIpc) is 2.88. The van der Waals surface area contributed by atoms with E-state index in [4.69, 9.17) is 11.6 Å². The van der Waals surface area contributed by atoms with Crippen LogP contribution in [0.25, 0.3) is 0 Å². The summed E-state index contributed by atoms with van der Waals surface area (Å²) in [5.41, 5.74) is 1.40. The van der Waals surface area contributed by atoms with Gasteiger partial charge in [-0.3, -0.25) is 4.90 Å². The lowest BCUT2D eigenvalue weighted by atomic mass is 10.0. The lowest BCUT2D eigenvalue weighted by molar-refractivity contribution is 0.264. The van der Waals surface area contributed by atoms with Gasteiger partial charge in [-0.25, -0.2) is 0 Å². The van der Waals surface area contributed by atoms with Crippen molar-refractivity contribution in [3.05, 3.63) is 28.8 Å². The number of benzene rings is 1. The molecule has 2 nitrogen and oxygen atoms in total. The highest BCUT2D eigenvalue weighted by atomic mass is 35.5. The molecule has 2 aliphatic rings. The van der Waals surface area contributed by atoms with Crippen LogP contribution in [0.1, 0.15) is 38.3 Å². The highest BCUT2D eigenvalue weighted by Crippen LogP contribution is 2.38. The Labute approximate surface area is 131 Å². The maximum absolute atomic E-state index is 6.18. The molecular weight excluding hydrogens is 288 g/mol. The molecule has 0 saturated carbocycles. The van der Waals surface area contributed by atoms with E-state index >= 15 is 0 Å². The largest absolute Gasteiger partial charge is 0.306 e. The molecule has 110 valence electrons. The lowest BCUT2D eigenvalue weighted by Crippen LogP contribution is -2.38. The number of rotatable bonds is 3. The van der Waals surface area contributed by atoms with Crippen molar-refractivity contribution in [3.8, 4) is 0 Å². The first kappa shape index (κ1) is 14.7. The fourth-order valence-corrected chi connectivity index (χ4v) is 4.50. The monoisotopic (exact) mass is 310 g/mol. The number of fused-ring (bicyclic) bond motifs is 1. The van der Waals surface area contributed by atoms with E-state index in [2.05, 4.69) is 36.2 Å². The van der Waals surface area contributed by atoms with E-state index in [-0.39, 0.29) is 0 Å². The molecule has 0 spiro atoms. The molecular formula is C16H23ClN2S. The highest BCUT2D eigenvalue weighted by molar-refractivity contribution is 7.99. The molecule has 2 aliphatic heterocycles. The highest BCUT2D eigenvalue weighted by Gasteiger charge is 2.28. The van der Waals surface area contributed by atoms with Gasteiger partial charge in [0.15, 0.2) is 0 Å². The molecule has 4 heteroatoms. The predicted molar refractivity (Wildman–Crippen MR) is 87.8 cm³/mol. The summed E-state index contributed by atoms with van der Waals surface area (Å²) in [6.45, 7) is 6.97. The van der Waals surface area contributed by atoms with Crippen molar-refractivity contribution >= 4 is 23.4 Å². The molecule has 2 atom stereocenters. The van der Waals surface area contributed by atoms with Crippen LogP contribution in [0.15, 0.2) is 23.1 Å². The van der Waals surface area contributed by atoms with Crippen LogP contribution >= 0.6 is 23.4 Å². The number of halogens is 1. The van der Waals surface area contributed by atoms with E-state index in [1.54, 1.807) is 0 Å². The van der Waals surface area contributed by atoms with E-state index in [0.717, 1.165) is 5.02 Å². The van der Waals surface area contributed by atoms with Crippen LogP contribution in [0, 0.1) is 0 Å². The number of likely N-dealkylation sites (tertiary alicyclic amines) is 1. The van der Waals surface area contributed by atoms with Gasteiger partial charge >= 0.3 is 0 Å². The third-order valence-electron chi connectivity index (χ3n) is 4.40. The molecule has 2 unspecified atom stereocenters. The van der Waals surface area contributed by atoms with Gasteiger partial charge in [0.05, 0.1) is 0 Å². The van der Waals surface area contributed by atoms with Crippen LogP contribution in [0.4, 0.5) is 0 Å². The van der Waals surface area contributed by atoms with E-state index in [0.29, 0.717) is 18.1 Å². The molecule has 2 heterocycles. The second-order valence-electron chi connectivity index (χ2n) is 6.11. The average molecular weight is 311 g/mol. The smallest absolute Gasteiger partial charge is 0.0410 e. The molecule has 1 fully saturated rings. The first-order valence-electron chi connectivity index (χ1n) is 7.56. The normalized spacial score (nSPS) is 27.0. The minimum atomic E-state index is 0.474. The predicted octanol–water partition coefficient (Wildman–Crippen LogP) is 3.95. The number of nitrogens with one attached hydrogen (secondary N) is 1. The summed E-state index contributed by atoms with van der Waals surface area (Å²) in [7, 11) is 0. The standard InChI is InChI=1S/C16H23ClN2S/c1-11(2)19-7-5-13(10-19)18-15-6-8-20-16-4-3-12(17)9-14(15)16/h3-4,9,11,13,15,18H,5-8,10H2,1-2H3. The molecule has 0 bridgehead atoms. The molecule has 1 N–H and O–H groups in total. The second-order valence-corrected chi connectivity index (χ2v) is 7.69. The Morgan fingerprint density at radius 3 is 2.95 bits per heavy atom. The van der Waals surface area contributed by atoms with Crippen molar-refractivity contribution in [3.63, 3.8) is 0 Å². The van der Waals surface area contributed by atoms with Crippen molar-refractivity contribution < 1.29 is 0 Å². The molecule has 1 aromatic rings. The fraction of sp³-hybridized carbons (Fsp3) is 0.625. The van der Waals surface area contributed by atoms with Gasteiger partial charge < -0.3 is 5.32 Å². The molecule has 0 aliphatic carbocycles. The summed E-state index contributed by atoms with van der Waals surface area (Å²) in [4.78, 5) is 3.96.